The van der Waals surface area contributed by atoms with Gasteiger partial charge < -0.3 is 15.5 Å². The third-order valence-corrected chi connectivity index (χ3v) is 6.21. The van der Waals surface area contributed by atoms with Crippen LogP contribution in [0.1, 0.15) is 50.6 Å². The average Bonchev–Trinajstić information content (AvgIpc) is 3.36. The standard InChI is InChI=1S/C21H30F2N6/c1-4-5-18(26-19-10-17(27-28-19)15-6-7-15)25-14(2)24-16-8-9-20(12-29(3)13-20)21(22,23)11-16/h4-5,10,15-16,24H,2,6-9,11-13H2,1,3H3,(H2,25,26,27,28)/b5-4-. The van der Waals surface area contributed by atoms with Crippen LogP contribution in [0.15, 0.2) is 35.6 Å². The van der Waals surface area contributed by atoms with Crippen molar-refractivity contribution in [2.75, 3.05) is 20.1 Å². The average molecular weight is 405 g/mol. The molecule has 8 heteroatoms. The highest BCUT2D eigenvalue weighted by atomic mass is 19.3. The van der Waals surface area contributed by atoms with E-state index in [1.807, 2.05) is 37.1 Å². The SMILES string of the molecule is C=C(NC(/C=C\C)=Nc1cc(C2CC2)[nH]n1)NC1CCC2(CN(C)C2)C(F)(F)C1. The lowest BCUT2D eigenvalue weighted by molar-refractivity contribution is -0.211. The zero-order valence-electron chi connectivity index (χ0n) is 17.1. The minimum Gasteiger partial charge on any atom is -0.369 e. The van der Waals surface area contributed by atoms with E-state index >= 15 is 0 Å². The third-order valence-electron chi connectivity index (χ3n) is 6.21. The van der Waals surface area contributed by atoms with Crippen LogP contribution in [0.3, 0.4) is 0 Å². The van der Waals surface area contributed by atoms with E-state index in [4.69, 9.17) is 0 Å². The number of allylic oxidation sites excluding steroid dienone is 1. The van der Waals surface area contributed by atoms with E-state index in [9.17, 15) is 8.78 Å². The summed E-state index contributed by atoms with van der Waals surface area (Å²) in [5.74, 6) is -0.446. The Labute approximate surface area is 170 Å². The molecule has 1 saturated heterocycles. The molecule has 3 fully saturated rings. The molecule has 6 nitrogen and oxygen atoms in total. The molecule has 3 N–H and O–H groups in total. The monoisotopic (exact) mass is 404 g/mol. The molecular formula is C21H30F2N6. The summed E-state index contributed by atoms with van der Waals surface area (Å²) in [7, 11) is 1.90. The van der Waals surface area contributed by atoms with Crippen molar-refractivity contribution >= 4 is 11.7 Å². The normalized spacial score (nSPS) is 26.5. The highest BCUT2D eigenvalue weighted by Gasteiger charge is 2.61. The van der Waals surface area contributed by atoms with Gasteiger partial charge in [0.1, 0.15) is 5.84 Å². The van der Waals surface area contributed by atoms with Crippen LogP contribution in [0, 0.1) is 5.41 Å². The molecule has 4 rings (SSSR count). The molecule has 1 aliphatic heterocycles. The van der Waals surface area contributed by atoms with Gasteiger partial charge in [-0.25, -0.2) is 13.8 Å². The van der Waals surface area contributed by atoms with Crippen molar-refractivity contribution in [3.63, 3.8) is 0 Å². The van der Waals surface area contributed by atoms with Crippen molar-refractivity contribution < 1.29 is 8.78 Å². The molecular weight excluding hydrogens is 374 g/mol. The summed E-state index contributed by atoms with van der Waals surface area (Å²) in [5.41, 5.74) is 0.270. The fourth-order valence-corrected chi connectivity index (χ4v) is 4.57. The zero-order valence-corrected chi connectivity index (χ0v) is 17.1. The molecule has 1 aromatic rings. The number of H-pyrrole nitrogens is 1. The first-order chi connectivity index (χ1) is 13.8. The summed E-state index contributed by atoms with van der Waals surface area (Å²) in [6.07, 6.45) is 7.13. The molecule has 2 saturated carbocycles. The van der Waals surface area contributed by atoms with Crippen LogP contribution in [0.4, 0.5) is 14.6 Å². The lowest BCUT2D eigenvalue weighted by atomic mass is 9.65. The number of halogens is 2. The van der Waals surface area contributed by atoms with Crippen LogP contribution >= 0.6 is 0 Å². The number of likely N-dealkylation sites (tertiary alicyclic amines) is 1. The van der Waals surface area contributed by atoms with Crippen molar-refractivity contribution in [1.82, 2.24) is 25.7 Å². The van der Waals surface area contributed by atoms with Crippen molar-refractivity contribution in [3.8, 4) is 0 Å². The minimum atomic E-state index is -2.66. The number of hydrogen-bond donors (Lipinski definition) is 3. The molecule has 158 valence electrons. The zero-order chi connectivity index (χ0) is 20.6. The summed E-state index contributed by atoms with van der Waals surface area (Å²) in [6, 6.07) is 1.65. The number of amidine groups is 1. The van der Waals surface area contributed by atoms with Crippen molar-refractivity contribution in [1.29, 1.82) is 0 Å². The number of alkyl halides is 2. The fourth-order valence-electron chi connectivity index (χ4n) is 4.57. The summed E-state index contributed by atoms with van der Waals surface area (Å²) in [4.78, 5) is 6.48. The Bertz CT molecular complexity index is 817. The van der Waals surface area contributed by atoms with E-state index < -0.39 is 11.3 Å². The minimum absolute atomic E-state index is 0.165. The maximum Gasteiger partial charge on any atom is 0.258 e. The van der Waals surface area contributed by atoms with Gasteiger partial charge in [0.25, 0.3) is 5.92 Å². The Kier molecular flexibility index (Phi) is 5.23. The Hall–Kier alpha value is -2.22. The van der Waals surface area contributed by atoms with E-state index in [1.165, 1.54) is 12.8 Å². The first-order valence-corrected chi connectivity index (χ1v) is 10.4. The first kappa shape index (κ1) is 20.1. The fraction of sp³-hybridized carbons (Fsp3) is 0.619. The maximum atomic E-state index is 14.8. The molecule has 3 aliphatic rings. The Morgan fingerprint density at radius 2 is 2.14 bits per heavy atom. The first-order valence-electron chi connectivity index (χ1n) is 10.4. The van der Waals surface area contributed by atoms with Crippen LogP contribution in [0.25, 0.3) is 0 Å². The smallest absolute Gasteiger partial charge is 0.258 e. The number of aromatic amines is 1. The second-order valence-electron chi connectivity index (χ2n) is 8.80. The lowest BCUT2D eigenvalue weighted by Gasteiger charge is -2.56. The van der Waals surface area contributed by atoms with Crippen molar-refractivity contribution in [3.05, 3.63) is 36.3 Å². The van der Waals surface area contributed by atoms with Gasteiger partial charge in [0.05, 0.1) is 11.2 Å². The van der Waals surface area contributed by atoms with Gasteiger partial charge in [0, 0.05) is 43.2 Å². The van der Waals surface area contributed by atoms with Gasteiger partial charge in [-0.3, -0.25) is 5.10 Å². The number of hydrogen-bond acceptors (Lipinski definition) is 4. The van der Waals surface area contributed by atoms with E-state index in [0.717, 1.165) is 5.69 Å². The van der Waals surface area contributed by atoms with Gasteiger partial charge >= 0.3 is 0 Å². The third kappa shape index (κ3) is 4.22. The van der Waals surface area contributed by atoms with Crippen molar-refractivity contribution in [2.45, 2.75) is 56.9 Å². The summed E-state index contributed by atoms with van der Waals surface area (Å²) < 4.78 is 29.5. The number of aliphatic imine (C=N–C) groups is 1. The molecule has 0 radical (unpaired) electrons. The summed E-state index contributed by atoms with van der Waals surface area (Å²) in [6.45, 7) is 6.83. The van der Waals surface area contributed by atoms with E-state index in [2.05, 4.69) is 32.4 Å². The van der Waals surface area contributed by atoms with E-state index in [1.54, 1.807) is 0 Å². The van der Waals surface area contributed by atoms with Crippen LogP contribution in [0.2, 0.25) is 0 Å². The molecule has 1 spiro atoms. The van der Waals surface area contributed by atoms with Crippen molar-refractivity contribution in [2.24, 2.45) is 10.4 Å². The largest absolute Gasteiger partial charge is 0.369 e. The van der Waals surface area contributed by atoms with Crippen LogP contribution in [0.5, 0.6) is 0 Å². The Balaban J connectivity index is 1.35. The molecule has 0 amide bonds. The van der Waals surface area contributed by atoms with Crippen LogP contribution < -0.4 is 10.6 Å². The maximum absolute atomic E-state index is 14.8. The Morgan fingerprint density at radius 3 is 2.76 bits per heavy atom. The molecule has 1 unspecified atom stereocenters. The second kappa shape index (κ2) is 7.55. The van der Waals surface area contributed by atoms with Gasteiger partial charge in [0.15, 0.2) is 5.82 Å². The van der Waals surface area contributed by atoms with Gasteiger partial charge in [0.2, 0.25) is 0 Å². The molecule has 2 heterocycles. The molecule has 0 bridgehead atoms. The quantitative estimate of drug-likeness (QED) is 0.500. The highest BCUT2D eigenvalue weighted by Crippen LogP contribution is 2.53. The summed E-state index contributed by atoms with van der Waals surface area (Å²) >= 11 is 0. The molecule has 0 aromatic carbocycles. The molecule has 29 heavy (non-hydrogen) atoms. The van der Waals surface area contributed by atoms with Gasteiger partial charge in [-0.2, -0.15) is 5.10 Å². The topological polar surface area (TPSA) is 68.3 Å². The number of nitrogens with one attached hydrogen (secondary N) is 3. The predicted molar refractivity (Wildman–Crippen MR) is 110 cm³/mol. The van der Waals surface area contributed by atoms with Gasteiger partial charge in [-0.05, 0) is 45.7 Å². The molecule has 1 atom stereocenters. The predicted octanol–water partition coefficient (Wildman–Crippen LogP) is 3.66. The number of rotatable bonds is 6. The van der Waals surface area contributed by atoms with Gasteiger partial charge in [-0.15, -0.1) is 0 Å². The van der Waals surface area contributed by atoms with Gasteiger partial charge in [-0.1, -0.05) is 12.7 Å². The number of nitrogens with zero attached hydrogens (tertiary/aromatic N) is 3. The Morgan fingerprint density at radius 1 is 1.38 bits per heavy atom. The second-order valence-corrected chi connectivity index (χ2v) is 8.80. The van der Waals surface area contributed by atoms with Crippen LogP contribution in [-0.2, 0) is 0 Å². The van der Waals surface area contributed by atoms with E-state index in [-0.39, 0.29) is 12.5 Å². The summed E-state index contributed by atoms with van der Waals surface area (Å²) in [5, 5.41) is 13.5. The molecule has 1 aromatic heterocycles. The molecule has 2 aliphatic carbocycles. The highest BCUT2D eigenvalue weighted by molar-refractivity contribution is 5.95. The van der Waals surface area contributed by atoms with E-state index in [0.29, 0.717) is 49.3 Å². The number of aromatic nitrogens is 2. The lowest BCUT2D eigenvalue weighted by Crippen LogP contribution is -2.66. The van der Waals surface area contributed by atoms with Crippen LogP contribution in [-0.4, -0.2) is 53.0 Å².